The first-order chi connectivity index (χ1) is 9.86. The minimum atomic E-state index is -0.832. The molecule has 0 saturated heterocycles. The average Bonchev–Trinajstić information content (AvgIpc) is 2.98. The maximum absolute atomic E-state index is 12.9. The molecule has 0 aromatic heterocycles. The third-order valence-corrected chi connectivity index (χ3v) is 4.81. The number of aliphatic carboxylic acids is 1. The van der Waals surface area contributed by atoms with Crippen molar-refractivity contribution in [3.63, 3.8) is 0 Å². The molecule has 2 aliphatic rings. The number of hydrogen-bond donors (Lipinski definition) is 1. The van der Waals surface area contributed by atoms with Crippen molar-refractivity contribution in [3.8, 4) is 0 Å². The molecule has 1 saturated carbocycles. The number of fused-ring (bicyclic) bond motifs is 2. The lowest BCUT2D eigenvalue weighted by Crippen LogP contribution is -2.49. The minimum Gasteiger partial charge on any atom is -0.481 e. The quantitative estimate of drug-likeness (QED) is 0.750. The summed E-state index contributed by atoms with van der Waals surface area (Å²) in [7, 11) is 3.96. The zero-order valence-electron chi connectivity index (χ0n) is 13.3. The number of nitrogens with zero attached hydrogens (tertiary/aromatic N) is 2. The van der Waals surface area contributed by atoms with Crippen LogP contribution in [0.25, 0.3) is 0 Å². The van der Waals surface area contributed by atoms with E-state index in [9.17, 15) is 14.7 Å². The van der Waals surface area contributed by atoms with E-state index >= 15 is 0 Å². The van der Waals surface area contributed by atoms with E-state index < -0.39 is 11.9 Å². The van der Waals surface area contributed by atoms with Gasteiger partial charge in [0.15, 0.2) is 0 Å². The zero-order valence-corrected chi connectivity index (χ0v) is 13.3. The number of carboxylic acid groups (broad SMARTS) is 1. The Morgan fingerprint density at radius 2 is 1.81 bits per heavy atom. The standard InChI is InChI=1S/C16H26N2O3/c1-5-18(10(2)9-17(3)4)15(19)13-11-6-7-12(8-11)14(13)16(20)21/h6-7,10-14H,5,8-9H2,1-4H3,(H,20,21)/t10?,11?,12?,13-,14+/m0/s1. The van der Waals surface area contributed by atoms with Crippen molar-refractivity contribution < 1.29 is 14.7 Å². The monoisotopic (exact) mass is 294 g/mol. The maximum atomic E-state index is 12.9. The molecule has 0 spiro atoms. The SMILES string of the molecule is CCN(C(=O)[C@H]1C2C=CC(C2)[C@H]1C(=O)O)C(C)CN(C)C. The molecule has 2 rings (SSSR count). The van der Waals surface area contributed by atoms with Gasteiger partial charge in [-0.25, -0.2) is 0 Å². The molecule has 1 amide bonds. The summed E-state index contributed by atoms with van der Waals surface area (Å²) in [6.45, 7) is 5.40. The van der Waals surface area contributed by atoms with Crippen LogP contribution in [0.3, 0.4) is 0 Å². The van der Waals surface area contributed by atoms with Gasteiger partial charge in [0.2, 0.25) is 5.91 Å². The second-order valence-electron chi connectivity index (χ2n) is 6.57. The van der Waals surface area contributed by atoms with Crippen molar-refractivity contribution >= 4 is 11.9 Å². The highest BCUT2D eigenvalue weighted by atomic mass is 16.4. The summed E-state index contributed by atoms with van der Waals surface area (Å²) < 4.78 is 0. The minimum absolute atomic E-state index is 0.0103. The molecule has 0 aromatic rings. The fraction of sp³-hybridized carbons (Fsp3) is 0.750. The van der Waals surface area contributed by atoms with Gasteiger partial charge in [0, 0.05) is 19.1 Å². The molecule has 2 aliphatic carbocycles. The second kappa shape index (κ2) is 6.18. The fourth-order valence-corrected chi connectivity index (χ4v) is 4.00. The summed E-state index contributed by atoms with van der Waals surface area (Å²) in [6.07, 6.45) is 4.83. The van der Waals surface area contributed by atoms with Gasteiger partial charge in [-0.15, -0.1) is 0 Å². The van der Waals surface area contributed by atoms with Crippen molar-refractivity contribution in [2.45, 2.75) is 26.3 Å². The number of rotatable bonds is 6. The van der Waals surface area contributed by atoms with E-state index in [1.54, 1.807) is 0 Å². The van der Waals surface area contributed by atoms with Crippen LogP contribution in [0.5, 0.6) is 0 Å². The van der Waals surface area contributed by atoms with E-state index in [0.717, 1.165) is 13.0 Å². The van der Waals surface area contributed by atoms with Gasteiger partial charge in [-0.2, -0.15) is 0 Å². The van der Waals surface area contributed by atoms with E-state index in [-0.39, 0.29) is 29.7 Å². The number of allylic oxidation sites excluding steroid dienone is 2. The van der Waals surface area contributed by atoms with Gasteiger partial charge < -0.3 is 14.9 Å². The van der Waals surface area contributed by atoms with Gasteiger partial charge in [0.05, 0.1) is 11.8 Å². The molecule has 0 radical (unpaired) electrons. The molecule has 5 nitrogen and oxygen atoms in total. The maximum Gasteiger partial charge on any atom is 0.307 e. The van der Waals surface area contributed by atoms with Crippen LogP contribution in [0.15, 0.2) is 12.2 Å². The third kappa shape index (κ3) is 2.98. The lowest BCUT2D eigenvalue weighted by atomic mass is 9.82. The van der Waals surface area contributed by atoms with Gasteiger partial charge in [-0.1, -0.05) is 12.2 Å². The van der Waals surface area contributed by atoms with E-state index in [4.69, 9.17) is 0 Å². The van der Waals surface area contributed by atoms with Gasteiger partial charge in [-0.3, -0.25) is 9.59 Å². The summed E-state index contributed by atoms with van der Waals surface area (Å²) >= 11 is 0. The molecule has 0 aliphatic heterocycles. The van der Waals surface area contributed by atoms with Crippen molar-refractivity contribution in [2.75, 3.05) is 27.2 Å². The average molecular weight is 294 g/mol. The lowest BCUT2D eigenvalue weighted by Gasteiger charge is -2.35. The number of carbonyl (C=O) groups is 2. The summed E-state index contributed by atoms with van der Waals surface area (Å²) in [5.74, 6) is -1.62. The number of amides is 1. The van der Waals surface area contributed by atoms with Crippen molar-refractivity contribution in [1.29, 1.82) is 0 Å². The first kappa shape index (κ1) is 16.0. The highest BCUT2D eigenvalue weighted by molar-refractivity contribution is 5.87. The first-order valence-electron chi connectivity index (χ1n) is 7.73. The fourth-order valence-electron chi connectivity index (χ4n) is 4.00. The third-order valence-electron chi connectivity index (χ3n) is 4.81. The largest absolute Gasteiger partial charge is 0.481 e. The summed E-state index contributed by atoms with van der Waals surface area (Å²) in [6, 6.07) is 0.0926. The molecule has 1 fully saturated rings. The Morgan fingerprint density at radius 3 is 2.29 bits per heavy atom. The van der Waals surface area contributed by atoms with Crippen LogP contribution in [0.2, 0.25) is 0 Å². The Bertz CT molecular complexity index is 447. The predicted octanol–water partition coefficient (Wildman–Crippen LogP) is 1.31. The van der Waals surface area contributed by atoms with Gasteiger partial charge in [0.25, 0.3) is 0 Å². The number of carboxylic acids is 1. The van der Waals surface area contributed by atoms with Gasteiger partial charge >= 0.3 is 5.97 Å². The Morgan fingerprint density at radius 1 is 1.24 bits per heavy atom. The van der Waals surface area contributed by atoms with Crippen molar-refractivity contribution in [1.82, 2.24) is 9.80 Å². The van der Waals surface area contributed by atoms with E-state index in [0.29, 0.717) is 6.54 Å². The van der Waals surface area contributed by atoms with Crippen LogP contribution in [0.4, 0.5) is 0 Å². The second-order valence-corrected chi connectivity index (χ2v) is 6.57. The van der Waals surface area contributed by atoms with Crippen LogP contribution in [-0.4, -0.2) is 60.0 Å². The molecule has 2 bridgehead atoms. The topological polar surface area (TPSA) is 60.9 Å². The number of carbonyl (C=O) groups excluding carboxylic acids is 1. The molecular weight excluding hydrogens is 268 g/mol. The predicted molar refractivity (Wildman–Crippen MR) is 80.8 cm³/mol. The Labute approximate surface area is 126 Å². The van der Waals surface area contributed by atoms with E-state index in [1.807, 2.05) is 45.0 Å². The number of hydrogen-bond acceptors (Lipinski definition) is 3. The molecule has 1 N–H and O–H groups in total. The lowest BCUT2D eigenvalue weighted by molar-refractivity contribution is -0.152. The van der Waals surface area contributed by atoms with Crippen LogP contribution in [0.1, 0.15) is 20.3 Å². The highest BCUT2D eigenvalue weighted by Gasteiger charge is 2.52. The van der Waals surface area contributed by atoms with E-state index in [2.05, 4.69) is 4.90 Å². The van der Waals surface area contributed by atoms with Crippen LogP contribution in [0, 0.1) is 23.7 Å². The molecule has 0 aromatic carbocycles. The Balaban J connectivity index is 2.17. The molecule has 0 heterocycles. The summed E-state index contributed by atoms with van der Waals surface area (Å²) in [5, 5.41) is 9.48. The van der Waals surface area contributed by atoms with Crippen LogP contribution in [-0.2, 0) is 9.59 Å². The van der Waals surface area contributed by atoms with Crippen LogP contribution < -0.4 is 0 Å². The molecule has 5 atom stereocenters. The van der Waals surface area contributed by atoms with Gasteiger partial charge in [-0.05, 0) is 46.2 Å². The van der Waals surface area contributed by atoms with Crippen molar-refractivity contribution in [2.24, 2.45) is 23.7 Å². The molecule has 118 valence electrons. The van der Waals surface area contributed by atoms with Crippen molar-refractivity contribution in [3.05, 3.63) is 12.2 Å². The molecular formula is C16H26N2O3. The smallest absolute Gasteiger partial charge is 0.307 e. The normalized spacial score (nSPS) is 31.7. The summed E-state index contributed by atoms with van der Waals surface area (Å²) in [4.78, 5) is 28.4. The Kier molecular flexibility index (Phi) is 4.71. The van der Waals surface area contributed by atoms with E-state index in [1.165, 1.54) is 0 Å². The Hall–Kier alpha value is -1.36. The zero-order chi connectivity index (χ0) is 15.7. The van der Waals surface area contributed by atoms with Crippen LogP contribution >= 0.6 is 0 Å². The van der Waals surface area contributed by atoms with Gasteiger partial charge in [0.1, 0.15) is 0 Å². The molecule has 3 unspecified atom stereocenters. The first-order valence-corrected chi connectivity index (χ1v) is 7.73. The molecule has 5 heteroatoms. The molecule has 21 heavy (non-hydrogen) atoms. The summed E-state index contributed by atoms with van der Waals surface area (Å²) in [5.41, 5.74) is 0. The number of likely N-dealkylation sites (N-methyl/N-ethyl adjacent to an activating group) is 2. The highest BCUT2D eigenvalue weighted by Crippen LogP contribution is 2.48.